The third-order valence-corrected chi connectivity index (χ3v) is 8.61. The van der Waals surface area contributed by atoms with E-state index in [-0.39, 0.29) is 30.1 Å². The lowest BCUT2D eigenvalue weighted by atomic mass is 9.49. The molecule has 9 nitrogen and oxygen atoms in total. The molecule has 0 aliphatic heterocycles. The van der Waals surface area contributed by atoms with Gasteiger partial charge in [0.15, 0.2) is 28.7 Å². The van der Waals surface area contributed by atoms with E-state index in [1.54, 1.807) is 38.4 Å². The summed E-state index contributed by atoms with van der Waals surface area (Å²) in [5.41, 5.74) is -0.961. The molecule has 2 saturated carbocycles. The fourth-order valence-electron chi connectivity index (χ4n) is 6.98. The van der Waals surface area contributed by atoms with E-state index in [9.17, 15) is 34.2 Å². The van der Waals surface area contributed by atoms with E-state index in [0.717, 1.165) is 6.92 Å². The van der Waals surface area contributed by atoms with E-state index >= 15 is 0 Å². The SMILES string of the molecule is COc1ccncc1-c1ccc(O)c2c1C[C@@H]1C[C@@H]3C(C(C)C)C(=O)C(C(C)=O)C(=O)[C@]3(O)C(=O)C1C2=O. The summed E-state index contributed by atoms with van der Waals surface area (Å²) in [6.07, 6.45) is 3.40. The number of Topliss-reactive ketones (excluding diaryl/α,β-unsaturated/α-hetero) is 5. The standard InChI is InChI=1S/C29H29NO8/c1-12(2)21-18-10-14-9-16-15(17-11-30-8-7-20(17)38-4)5-6-19(32)24(16)26(34)23(14)28(36)29(18,37)27(35)22(13(3)31)25(21)33/h5-8,11-12,14,18,21-23,32,37H,9-10H2,1-4H3/t14-,18-,21?,22?,23?,29+/m1/s1. The number of hydrogen-bond acceptors (Lipinski definition) is 9. The molecule has 9 heteroatoms. The summed E-state index contributed by atoms with van der Waals surface area (Å²) in [5, 5.41) is 22.4. The molecule has 2 fully saturated rings. The Hall–Kier alpha value is -3.72. The maximum Gasteiger partial charge on any atom is 0.190 e. The van der Waals surface area contributed by atoms with Gasteiger partial charge in [-0.2, -0.15) is 0 Å². The molecule has 0 saturated heterocycles. The van der Waals surface area contributed by atoms with Crippen molar-refractivity contribution in [2.45, 2.75) is 39.2 Å². The molecular formula is C29H29NO8. The highest BCUT2D eigenvalue weighted by Gasteiger charge is 2.68. The van der Waals surface area contributed by atoms with Crippen molar-refractivity contribution in [3.8, 4) is 22.6 Å². The Morgan fingerprint density at radius 2 is 1.82 bits per heavy atom. The number of ether oxygens (including phenoxy) is 1. The summed E-state index contributed by atoms with van der Waals surface area (Å²) in [7, 11) is 1.50. The third-order valence-electron chi connectivity index (χ3n) is 8.61. The summed E-state index contributed by atoms with van der Waals surface area (Å²) >= 11 is 0. The molecular weight excluding hydrogens is 490 g/mol. The fraction of sp³-hybridized carbons (Fsp3) is 0.448. The Labute approximate surface area is 219 Å². The summed E-state index contributed by atoms with van der Waals surface area (Å²) in [4.78, 5) is 71.0. The number of benzene rings is 1. The van der Waals surface area contributed by atoms with Crippen LogP contribution in [0.25, 0.3) is 11.1 Å². The van der Waals surface area contributed by atoms with Gasteiger partial charge in [0.25, 0.3) is 0 Å². The van der Waals surface area contributed by atoms with Crippen molar-refractivity contribution in [2.75, 3.05) is 7.11 Å². The third kappa shape index (κ3) is 3.41. The van der Waals surface area contributed by atoms with Crippen molar-refractivity contribution in [1.29, 1.82) is 0 Å². The molecule has 3 unspecified atom stereocenters. The summed E-state index contributed by atoms with van der Waals surface area (Å²) < 4.78 is 5.47. The minimum atomic E-state index is -2.63. The molecule has 198 valence electrons. The number of aromatic hydroxyl groups is 1. The zero-order valence-electron chi connectivity index (χ0n) is 21.6. The molecule has 1 aromatic carbocycles. The number of pyridine rings is 1. The molecule has 6 atom stereocenters. The van der Waals surface area contributed by atoms with Crippen LogP contribution in [0.4, 0.5) is 0 Å². The number of fused-ring (bicyclic) bond motifs is 3. The van der Waals surface area contributed by atoms with Crippen molar-refractivity contribution < 1.29 is 38.9 Å². The van der Waals surface area contributed by atoms with Crippen LogP contribution >= 0.6 is 0 Å². The predicted octanol–water partition coefficient (Wildman–Crippen LogP) is 2.38. The second-order valence-electron chi connectivity index (χ2n) is 10.9. The maximum atomic E-state index is 13.9. The van der Waals surface area contributed by atoms with Crippen LogP contribution in [0.1, 0.15) is 43.1 Å². The first-order chi connectivity index (χ1) is 17.9. The van der Waals surface area contributed by atoms with Crippen LogP contribution in [0.3, 0.4) is 0 Å². The number of phenols is 1. The van der Waals surface area contributed by atoms with Crippen LogP contribution in [0.15, 0.2) is 30.6 Å². The van der Waals surface area contributed by atoms with E-state index < -0.39 is 64.1 Å². The van der Waals surface area contributed by atoms with Crippen molar-refractivity contribution in [3.05, 3.63) is 41.7 Å². The van der Waals surface area contributed by atoms with Crippen molar-refractivity contribution in [1.82, 2.24) is 4.98 Å². The molecule has 5 rings (SSSR count). The Morgan fingerprint density at radius 3 is 2.45 bits per heavy atom. The molecule has 1 heterocycles. The number of phenolic OH excluding ortho intramolecular Hbond substituents is 1. The first-order valence-corrected chi connectivity index (χ1v) is 12.7. The summed E-state index contributed by atoms with van der Waals surface area (Å²) in [5.74, 6) is -10.0. The van der Waals surface area contributed by atoms with Gasteiger partial charge in [0.1, 0.15) is 23.2 Å². The second kappa shape index (κ2) is 8.94. The van der Waals surface area contributed by atoms with Gasteiger partial charge < -0.3 is 14.9 Å². The highest BCUT2D eigenvalue weighted by atomic mass is 16.5. The van der Waals surface area contributed by atoms with E-state index in [1.165, 1.54) is 13.2 Å². The Morgan fingerprint density at radius 1 is 1.11 bits per heavy atom. The molecule has 2 aromatic rings. The number of carbonyl (C=O) groups excluding carboxylic acids is 5. The predicted molar refractivity (Wildman–Crippen MR) is 133 cm³/mol. The quantitative estimate of drug-likeness (QED) is 0.581. The van der Waals surface area contributed by atoms with Crippen molar-refractivity contribution in [3.63, 3.8) is 0 Å². The monoisotopic (exact) mass is 519 g/mol. The normalized spacial score (nSPS) is 30.5. The van der Waals surface area contributed by atoms with Gasteiger partial charge in [-0.1, -0.05) is 19.9 Å². The Balaban J connectivity index is 1.67. The van der Waals surface area contributed by atoms with Gasteiger partial charge >= 0.3 is 0 Å². The molecule has 0 bridgehead atoms. The molecule has 0 amide bonds. The minimum Gasteiger partial charge on any atom is -0.507 e. The number of methoxy groups -OCH3 is 1. The summed E-state index contributed by atoms with van der Waals surface area (Å²) in [6.45, 7) is 4.59. The van der Waals surface area contributed by atoms with Gasteiger partial charge in [-0.05, 0) is 54.9 Å². The van der Waals surface area contributed by atoms with Crippen LogP contribution in [0.2, 0.25) is 0 Å². The molecule has 1 aromatic heterocycles. The number of nitrogens with zero attached hydrogens (tertiary/aromatic N) is 1. The molecule has 3 aliphatic carbocycles. The van der Waals surface area contributed by atoms with E-state index in [2.05, 4.69) is 4.98 Å². The van der Waals surface area contributed by atoms with Gasteiger partial charge in [-0.3, -0.25) is 29.0 Å². The van der Waals surface area contributed by atoms with Crippen LogP contribution < -0.4 is 4.74 Å². The number of hydrogen-bond donors (Lipinski definition) is 2. The Bertz CT molecular complexity index is 1410. The van der Waals surface area contributed by atoms with Gasteiger partial charge in [0.05, 0.1) is 18.6 Å². The van der Waals surface area contributed by atoms with Gasteiger partial charge in [0.2, 0.25) is 0 Å². The maximum absolute atomic E-state index is 13.9. The average Bonchev–Trinajstić information content (AvgIpc) is 2.86. The summed E-state index contributed by atoms with van der Waals surface area (Å²) in [6, 6.07) is 4.68. The highest BCUT2D eigenvalue weighted by Crippen LogP contribution is 2.54. The smallest absolute Gasteiger partial charge is 0.190 e. The first-order valence-electron chi connectivity index (χ1n) is 12.7. The number of ketones is 5. The number of aromatic nitrogens is 1. The zero-order valence-corrected chi connectivity index (χ0v) is 21.6. The van der Waals surface area contributed by atoms with Gasteiger partial charge in [0, 0.05) is 29.8 Å². The highest BCUT2D eigenvalue weighted by molar-refractivity contribution is 6.32. The van der Waals surface area contributed by atoms with E-state index in [1.807, 2.05) is 0 Å². The fourth-order valence-corrected chi connectivity index (χ4v) is 6.98. The van der Waals surface area contributed by atoms with Crippen molar-refractivity contribution in [2.24, 2.45) is 35.5 Å². The van der Waals surface area contributed by atoms with Gasteiger partial charge in [-0.25, -0.2) is 0 Å². The lowest BCUT2D eigenvalue weighted by Crippen LogP contribution is -2.70. The van der Waals surface area contributed by atoms with E-state index in [4.69, 9.17) is 4.74 Å². The Kier molecular flexibility index (Phi) is 6.10. The average molecular weight is 520 g/mol. The molecule has 38 heavy (non-hydrogen) atoms. The molecule has 0 radical (unpaired) electrons. The molecule has 2 N–H and O–H groups in total. The molecule has 0 spiro atoms. The van der Waals surface area contributed by atoms with Crippen LogP contribution in [0, 0.1) is 35.5 Å². The molecule has 3 aliphatic rings. The largest absolute Gasteiger partial charge is 0.507 e. The lowest BCUT2D eigenvalue weighted by Gasteiger charge is -2.52. The number of carbonyl (C=O) groups is 5. The van der Waals surface area contributed by atoms with E-state index in [0.29, 0.717) is 22.4 Å². The van der Waals surface area contributed by atoms with Crippen LogP contribution in [0.5, 0.6) is 11.5 Å². The van der Waals surface area contributed by atoms with Gasteiger partial charge in [-0.15, -0.1) is 0 Å². The second-order valence-corrected chi connectivity index (χ2v) is 10.9. The van der Waals surface area contributed by atoms with Crippen LogP contribution in [-0.2, 0) is 25.6 Å². The van der Waals surface area contributed by atoms with Crippen LogP contribution in [-0.4, -0.2) is 56.8 Å². The number of aliphatic hydroxyl groups is 1. The zero-order chi connectivity index (χ0) is 27.7. The number of rotatable bonds is 4. The first kappa shape index (κ1) is 25.9. The minimum absolute atomic E-state index is 0.0482. The lowest BCUT2D eigenvalue weighted by molar-refractivity contribution is -0.182. The van der Waals surface area contributed by atoms with Crippen molar-refractivity contribution >= 4 is 28.9 Å². The topological polar surface area (TPSA) is 148 Å².